The molecule has 3 rings (SSSR count). The maximum absolute atomic E-state index is 14.3. The van der Waals surface area contributed by atoms with E-state index in [0.717, 1.165) is 11.7 Å². The number of nitrogens with zero attached hydrogens (tertiary/aromatic N) is 1. The third-order valence-corrected chi connectivity index (χ3v) is 8.46. The van der Waals surface area contributed by atoms with Crippen LogP contribution in [0.5, 0.6) is 0 Å². The lowest BCUT2D eigenvalue weighted by atomic mass is 10.0. The molecule has 300 valence electrons. The van der Waals surface area contributed by atoms with Gasteiger partial charge in [0.15, 0.2) is 9.84 Å². The quantitative estimate of drug-likeness (QED) is 0.176. The molecule has 1 heterocycles. The summed E-state index contributed by atoms with van der Waals surface area (Å²) in [6, 6.07) is 12.0. The molecule has 1 aliphatic heterocycles. The fourth-order valence-electron chi connectivity index (χ4n) is 5.56. The lowest BCUT2D eigenvalue weighted by molar-refractivity contribution is -0.157. The van der Waals surface area contributed by atoms with Gasteiger partial charge in [-0.05, 0) is 65.5 Å². The van der Waals surface area contributed by atoms with Crippen molar-refractivity contribution in [2.75, 3.05) is 12.8 Å². The first-order valence-corrected chi connectivity index (χ1v) is 19.8. The van der Waals surface area contributed by atoms with Gasteiger partial charge in [-0.15, -0.1) is 0 Å². The molecule has 55 heavy (non-hydrogen) atoms. The SMILES string of the molecule is CC(C)(C)OC(=O)C[C@@H](/C=C/S(C)(=O)=O)NC(=O)[C@H]1CCCN1C(=O)[C@H](NC(=O)[C@H](CC(=O)OC(C)(C)C)NC(=O)OCc1ccccc1)c1ccccc1. The Kier molecular flexibility index (Phi) is 15.5. The molecular weight excluding hydrogens is 733 g/mol. The zero-order valence-electron chi connectivity index (χ0n) is 32.3. The smallest absolute Gasteiger partial charge is 0.408 e. The predicted octanol–water partition coefficient (Wildman–Crippen LogP) is 3.64. The van der Waals surface area contributed by atoms with Gasteiger partial charge in [0.1, 0.15) is 35.9 Å². The molecule has 0 aromatic heterocycles. The zero-order valence-corrected chi connectivity index (χ0v) is 33.1. The number of likely N-dealkylation sites (tertiary alicyclic amines) is 1. The number of ether oxygens (including phenoxy) is 3. The number of amides is 4. The summed E-state index contributed by atoms with van der Waals surface area (Å²) in [5.41, 5.74) is -0.686. The van der Waals surface area contributed by atoms with Gasteiger partial charge in [-0.3, -0.25) is 24.0 Å². The lowest BCUT2D eigenvalue weighted by Gasteiger charge is -2.31. The standard InChI is InChI=1S/C39H52N4O11S/c1-38(2,3)53-31(44)23-28(20-22-55(7,50)51)40-35(47)30-19-14-21-43(30)36(48)33(27-17-12-9-13-18-27)42-34(46)29(24-32(45)54-39(4,5)6)41-37(49)52-25-26-15-10-8-11-16-26/h8-13,15-18,20,22,28-30,33H,14,19,21,23-25H2,1-7H3,(H,40,47)(H,41,49)(H,42,46)/b22-20+/t28-,29+,30-,33-/m1/s1. The van der Waals surface area contributed by atoms with Crippen molar-refractivity contribution in [2.24, 2.45) is 0 Å². The lowest BCUT2D eigenvalue weighted by Crippen LogP contribution is -2.54. The molecule has 16 heteroatoms. The van der Waals surface area contributed by atoms with E-state index in [2.05, 4.69) is 16.0 Å². The normalized spacial score (nSPS) is 16.3. The fraction of sp³-hybridized carbons (Fsp3) is 0.487. The number of hydrogen-bond donors (Lipinski definition) is 3. The summed E-state index contributed by atoms with van der Waals surface area (Å²) in [4.78, 5) is 81.7. The minimum Gasteiger partial charge on any atom is -0.460 e. The summed E-state index contributed by atoms with van der Waals surface area (Å²) < 4.78 is 39.9. The number of nitrogens with one attached hydrogen (secondary N) is 3. The monoisotopic (exact) mass is 784 g/mol. The molecule has 0 radical (unpaired) electrons. The molecule has 0 bridgehead atoms. The van der Waals surface area contributed by atoms with Crippen molar-refractivity contribution < 1.29 is 51.4 Å². The van der Waals surface area contributed by atoms with Gasteiger partial charge in [-0.2, -0.15) is 0 Å². The van der Waals surface area contributed by atoms with Gasteiger partial charge in [0.2, 0.25) is 17.7 Å². The van der Waals surface area contributed by atoms with Crippen molar-refractivity contribution in [3.05, 3.63) is 83.3 Å². The van der Waals surface area contributed by atoms with Gasteiger partial charge in [0.25, 0.3) is 0 Å². The van der Waals surface area contributed by atoms with Gasteiger partial charge >= 0.3 is 18.0 Å². The molecule has 3 N–H and O–H groups in total. The van der Waals surface area contributed by atoms with Crippen LogP contribution in [0.2, 0.25) is 0 Å². The molecule has 0 saturated carbocycles. The second-order valence-corrected chi connectivity index (χ2v) is 17.1. The van der Waals surface area contributed by atoms with E-state index in [0.29, 0.717) is 17.5 Å². The van der Waals surface area contributed by atoms with Crippen LogP contribution in [-0.2, 0) is 54.6 Å². The summed E-state index contributed by atoms with van der Waals surface area (Å²) in [5, 5.41) is 8.63. The third-order valence-electron chi connectivity index (χ3n) is 7.81. The Hall–Kier alpha value is -5.25. The van der Waals surface area contributed by atoms with Crippen LogP contribution in [0.25, 0.3) is 0 Å². The molecule has 0 aliphatic carbocycles. The molecule has 0 unspecified atom stereocenters. The van der Waals surface area contributed by atoms with E-state index in [1.54, 1.807) is 102 Å². The zero-order chi connectivity index (χ0) is 41.0. The Balaban J connectivity index is 1.86. The first-order chi connectivity index (χ1) is 25.6. The maximum Gasteiger partial charge on any atom is 0.408 e. The Morgan fingerprint density at radius 2 is 1.38 bits per heavy atom. The number of carbonyl (C=O) groups is 6. The van der Waals surface area contributed by atoms with Gasteiger partial charge in [0.05, 0.1) is 18.9 Å². The molecule has 1 fully saturated rings. The van der Waals surface area contributed by atoms with Crippen LogP contribution >= 0.6 is 0 Å². The van der Waals surface area contributed by atoms with Gasteiger partial charge in [-0.1, -0.05) is 66.7 Å². The van der Waals surface area contributed by atoms with Crippen LogP contribution in [0.4, 0.5) is 4.79 Å². The molecule has 4 amide bonds. The van der Waals surface area contributed by atoms with Crippen molar-refractivity contribution in [3.8, 4) is 0 Å². The molecule has 1 saturated heterocycles. The summed E-state index contributed by atoms with van der Waals surface area (Å²) in [6.07, 6.45) is 0.841. The van der Waals surface area contributed by atoms with Crippen LogP contribution in [0.15, 0.2) is 72.1 Å². The predicted molar refractivity (Wildman–Crippen MR) is 202 cm³/mol. The Morgan fingerprint density at radius 1 is 0.818 bits per heavy atom. The van der Waals surface area contributed by atoms with E-state index in [9.17, 15) is 37.2 Å². The number of esters is 2. The fourth-order valence-corrected chi connectivity index (χ4v) is 6.03. The van der Waals surface area contributed by atoms with Crippen LogP contribution < -0.4 is 16.0 Å². The number of alkyl carbamates (subject to hydrolysis) is 1. The van der Waals surface area contributed by atoms with Crippen LogP contribution in [-0.4, -0.2) is 91.2 Å². The van der Waals surface area contributed by atoms with Crippen molar-refractivity contribution in [1.82, 2.24) is 20.9 Å². The van der Waals surface area contributed by atoms with E-state index in [-0.39, 0.29) is 26.0 Å². The summed E-state index contributed by atoms with van der Waals surface area (Å²) in [7, 11) is -3.62. The summed E-state index contributed by atoms with van der Waals surface area (Å²) in [6.45, 7) is 9.98. The summed E-state index contributed by atoms with van der Waals surface area (Å²) >= 11 is 0. The average molecular weight is 785 g/mol. The highest BCUT2D eigenvalue weighted by molar-refractivity contribution is 7.93. The second-order valence-electron chi connectivity index (χ2n) is 15.2. The van der Waals surface area contributed by atoms with Crippen LogP contribution in [0.1, 0.15) is 84.4 Å². The van der Waals surface area contributed by atoms with Gasteiger partial charge < -0.3 is 35.1 Å². The minimum absolute atomic E-state index is 0.111. The Bertz CT molecular complexity index is 1800. The molecule has 4 atom stereocenters. The van der Waals surface area contributed by atoms with Crippen molar-refractivity contribution >= 4 is 45.6 Å². The molecule has 0 spiro atoms. The number of carbonyl (C=O) groups excluding carboxylic acids is 6. The van der Waals surface area contributed by atoms with Crippen LogP contribution in [0, 0.1) is 0 Å². The van der Waals surface area contributed by atoms with Crippen molar-refractivity contribution in [3.63, 3.8) is 0 Å². The highest BCUT2D eigenvalue weighted by atomic mass is 32.2. The van der Waals surface area contributed by atoms with E-state index < -0.39 is 87.4 Å². The van der Waals surface area contributed by atoms with E-state index in [1.165, 1.54) is 11.0 Å². The second kappa shape index (κ2) is 19.4. The topological polar surface area (TPSA) is 204 Å². The molecule has 2 aromatic rings. The largest absolute Gasteiger partial charge is 0.460 e. The molecular formula is C39H52N4O11S. The van der Waals surface area contributed by atoms with Gasteiger partial charge in [-0.25, -0.2) is 13.2 Å². The van der Waals surface area contributed by atoms with Crippen molar-refractivity contribution in [1.29, 1.82) is 0 Å². The maximum atomic E-state index is 14.3. The Morgan fingerprint density at radius 3 is 1.95 bits per heavy atom. The van der Waals surface area contributed by atoms with E-state index in [4.69, 9.17) is 14.2 Å². The number of benzene rings is 2. The minimum atomic E-state index is -3.62. The van der Waals surface area contributed by atoms with E-state index >= 15 is 0 Å². The average Bonchev–Trinajstić information content (AvgIpc) is 3.57. The first-order valence-electron chi connectivity index (χ1n) is 17.9. The molecule has 15 nitrogen and oxygen atoms in total. The highest BCUT2D eigenvalue weighted by Gasteiger charge is 2.40. The number of hydrogen-bond acceptors (Lipinski definition) is 11. The number of sulfone groups is 1. The van der Waals surface area contributed by atoms with Crippen LogP contribution in [0.3, 0.4) is 0 Å². The first kappa shape index (κ1) is 44.1. The number of rotatable bonds is 15. The van der Waals surface area contributed by atoms with Crippen molar-refractivity contribution in [2.45, 2.75) is 109 Å². The Labute approximate surface area is 322 Å². The van der Waals surface area contributed by atoms with Gasteiger partial charge in [0, 0.05) is 18.2 Å². The highest BCUT2D eigenvalue weighted by Crippen LogP contribution is 2.25. The van der Waals surface area contributed by atoms with E-state index in [1.807, 2.05) is 0 Å². The summed E-state index contributed by atoms with van der Waals surface area (Å²) in [5.74, 6) is -3.67. The molecule has 2 aromatic carbocycles. The molecule has 1 aliphatic rings. The third kappa shape index (κ3) is 15.9.